The van der Waals surface area contributed by atoms with Crippen molar-refractivity contribution >= 4 is 58.3 Å². The highest BCUT2D eigenvalue weighted by Crippen LogP contribution is 2.50. The van der Waals surface area contributed by atoms with Crippen LogP contribution in [0.2, 0.25) is 10.0 Å². The van der Waals surface area contributed by atoms with Crippen molar-refractivity contribution in [3.05, 3.63) is 141 Å². The van der Waals surface area contributed by atoms with Crippen LogP contribution >= 0.6 is 23.2 Å². The maximum Gasteiger partial charge on any atom is 0.340 e. The SMILES string of the molecule is CN1CCC/C=C/[C@H](O)[C@@H]2CC[C@H]2CN2C[C@@]3(CCCc4cc(Cl)ccc43)COc3ccc(cc32)[C@@](O)(C(=O)O)CC1=O.CN1CCC/C=C/[C@H](O)[C@@H]2CC[C@H]2CN2C[C@@]3(CCCc4cc(Cl)ccc43)COc3ccc(cc32)[C@](O)(C(=O)O)CC1=O. The molecule has 18 heteroatoms. The fraction of sp³-hybridized carbons (Fsp3) is 0.529. The van der Waals surface area contributed by atoms with E-state index < -0.39 is 60.0 Å². The summed E-state index contributed by atoms with van der Waals surface area (Å²) in [6, 6.07) is 22.2. The molecule has 4 aromatic rings. The zero-order valence-electron chi connectivity index (χ0n) is 49.3. The number of aliphatic hydroxyl groups is 4. The molecule has 16 nitrogen and oxygen atoms in total. The number of carboxylic acids is 2. The van der Waals surface area contributed by atoms with E-state index in [2.05, 4.69) is 34.1 Å². The summed E-state index contributed by atoms with van der Waals surface area (Å²) < 4.78 is 13.1. The van der Waals surface area contributed by atoms with Crippen molar-refractivity contribution in [1.82, 2.24) is 9.80 Å². The van der Waals surface area contributed by atoms with E-state index in [1.807, 2.05) is 36.4 Å². The standard InChI is InChI=1S/2C34H41ClN2O6/c2*1-36-15-4-2-3-7-29(38)26-11-8-23(26)19-37-20-33(14-5-6-22-16-25(35)10-12-27(22)33)21-43-30-13-9-24(17-28(30)37)34(42,32(40)41)18-31(36)39/h2*3,7,9-10,12-13,16-17,23,26,29,38,42H,2,4-6,8,11,14-15,18-21H2,1H3,(H,40,41)/b2*7-3+/t23-,26+,29-,33-,34+;23-,26+,29-,33-,34-/m00/s1. The molecule has 86 heavy (non-hydrogen) atoms. The summed E-state index contributed by atoms with van der Waals surface area (Å²) in [5.74, 6) is -1.87. The third-order valence-corrected chi connectivity index (χ3v) is 21.0. The molecule has 6 N–H and O–H groups in total. The summed E-state index contributed by atoms with van der Waals surface area (Å²) in [7, 11) is 3.25. The molecule has 4 heterocycles. The Labute approximate surface area is 514 Å². The van der Waals surface area contributed by atoms with Gasteiger partial charge in [0, 0.05) is 74.2 Å². The average molecular weight is 1220 g/mol. The fourth-order valence-electron chi connectivity index (χ4n) is 15.1. The first kappa shape index (κ1) is 61.5. The summed E-state index contributed by atoms with van der Waals surface area (Å²) in [5, 5.41) is 67.2. The van der Waals surface area contributed by atoms with Crippen LogP contribution in [0.1, 0.15) is 123 Å². The van der Waals surface area contributed by atoms with Gasteiger partial charge in [0.1, 0.15) is 11.5 Å². The zero-order chi connectivity index (χ0) is 60.7. The normalized spacial score (nSPS) is 32.0. The van der Waals surface area contributed by atoms with Crippen molar-refractivity contribution in [2.75, 3.05) is 76.4 Å². The third-order valence-electron chi connectivity index (χ3n) is 20.5. The minimum Gasteiger partial charge on any atom is -0.490 e. The number of carbonyl (C=O) groups excluding carboxylic acids is 2. The molecule has 2 fully saturated rings. The Morgan fingerprint density at radius 2 is 0.988 bits per heavy atom. The first-order chi connectivity index (χ1) is 41.2. The molecule has 4 aliphatic heterocycles. The number of carboxylic acid groups (broad SMARTS) is 2. The van der Waals surface area contributed by atoms with Crippen LogP contribution in [0.15, 0.2) is 97.1 Å². The van der Waals surface area contributed by atoms with Crippen LogP contribution in [0.25, 0.3) is 0 Å². The third kappa shape index (κ3) is 12.2. The highest BCUT2D eigenvalue weighted by molar-refractivity contribution is 6.31. The molecule has 4 bridgehead atoms. The predicted molar refractivity (Wildman–Crippen MR) is 329 cm³/mol. The number of allylic oxidation sites excluding steroid dienone is 2. The van der Waals surface area contributed by atoms with Gasteiger partial charge in [0.25, 0.3) is 0 Å². The van der Waals surface area contributed by atoms with Crippen molar-refractivity contribution < 1.29 is 59.3 Å². The summed E-state index contributed by atoms with van der Waals surface area (Å²) >= 11 is 12.8. The van der Waals surface area contributed by atoms with E-state index in [0.717, 1.165) is 64.2 Å². The number of hydrogen-bond acceptors (Lipinski definition) is 12. The van der Waals surface area contributed by atoms with Gasteiger partial charge < -0.3 is 59.7 Å². The van der Waals surface area contributed by atoms with Crippen LogP contribution in [0.3, 0.4) is 0 Å². The number of aliphatic carboxylic acids is 2. The van der Waals surface area contributed by atoms with Crippen LogP contribution in [-0.4, -0.2) is 143 Å². The number of rotatable bonds is 2. The van der Waals surface area contributed by atoms with Crippen LogP contribution in [0.4, 0.5) is 11.4 Å². The number of fused-ring (bicyclic) bond motifs is 8. The quantitative estimate of drug-likeness (QED) is 0.103. The van der Waals surface area contributed by atoms with E-state index in [1.54, 1.807) is 50.5 Å². The van der Waals surface area contributed by atoms with Crippen LogP contribution in [-0.2, 0) is 54.1 Å². The molecule has 0 unspecified atom stereocenters. The Morgan fingerprint density at radius 3 is 1.37 bits per heavy atom. The van der Waals surface area contributed by atoms with Gasteiger partial charge in [0.05, 0.1) is 49.6 Å². The van der Waals surface area contributed by atoms with E-state index >= 15 is 0 Å². The molecule has 460 valence electrons. The molecular formula is C68H82Cl2N4O12. The average Bonchev–Trinajstić information content (AvgIpc) is 1.58. The van der Waals surface area contributed by atoms with E-state index in [-0.39, 0.29) is 45.6 Å². The first-order valence-electron chi connectivity index (χ1n) is 30.9. The highest BCUT2D eigenvalue weighted by Gasteiger charge is 2.49. The monoisotopic (exact) mass is 1220 g/mol. The summed E-state index contributed by atoms with van der Waals surface area (Å²) in [6.07, 6.45) is 17.8. The Bertz CT molecular complexity index is 3070. The second-order valence-electron chi connectivity index (χ2n) is 26.0. The number of ether oxygens (including phenoxy) is 2. The molecule has 2 saturated carbocycles. The van der Waals surface area contributed by atoms with Crippen molar-refractivity contribution in [1.29, 1.82) is 0 Å². The fourth-order valence-corrected chi connectivity index (χ4v) is 15.4. The van der Waals surface area contributed by atoms with E-state index in [9.17, 15) is 49.8 Å². The number of carbonyl (C=O) groups is 4. The number of aliphatic hydroxyl groups excluding tert-OH is 2. The lowest BCUT2D eigenvalue weighted by Crippen LogP contribution is -2.49. The molecule has 12 rings (SSSR count). The highest BCUT2D eigenvalue weighted by atomic mass is 35.5. The molecule has 0 saturated heterocycles. The Morgan fingerprint density at radius 1 is 0.570 bits per heavy atom. The molecule has 0 aromatic heterocycles. The molecular weight excluding hydrogens is 1140 g/mol. The molecule has 8 aliphatic rings. The number of nitrogens with zero attached hydrogens (tertiary/aromatic N) is 4. The number of halogens is 2. The summed E-state index contributed by atoms with van der Waals surface area (Å²) in [6.45, 7) is 4.34. The Kier molecular flexibility index (Phi) is 18.0. The zero-order valence-corrected chi connectivity index (χ0v) is 50.9. The largest absolute Gasteiger partial charge is 0.490 e. The minimum absolute atomic E-state index is 0.122. The van der Waals surface area contributed by atoms with Gasteiger partial charge in [-0.1, -0.05) is 71.8 Å². The molecule has 4 aromatic carbocycles. The van der Waals surface area contributed by atoms with Crippen LogP contribution in [0, 0.1) is 23.7 Å². The Balaban J connectivity index is 0.000000179. The van der Waals surface area contributed by atoms with Crippen molar-refractivity contribution in [3.63, 3.8) is 0 Å². The maximum absolute atomic E-state index is 13.1. The van der Waals surface area contributed by atoms with E-state index in [0.29, 0.717) is 111 Å². The van der Waals surface area contributed by atoms with E-state index in [1.165, 1.54) is 32.1 Å². The Hall–Kier alpha value is -6.14. The molecule has 2 amide bonds. The van der Waals surface area contributed by atoms with Gasteiger partial charge >= 0.3 is 11.9 Å². The maximum atomic E-state index is 13.1. The van der Waals surface area contributed by atoms with E-state index in [4.69, 9.17) is 32.7 Å². The lowest BCUT2D eigenvalue weighted by molar-refractivity contribution is -0.164. The van der Waals surface area contributed by atoms with Crippen molar-refractivity contribution in [2.45, 2.75) is 137 Å². The predicted octanol–water partition coefficient (Wildman–Crippen LogP) is 9.34. The van der Waals surface area contributed by atoms with Crippen molar-refractivity contribution in [3.8, 4) is 11.5 Å². The summed E-state index contributed by atoms with van der Waals surface area (Å²) in [4.78, 5) is 58.9. The van der Waals surface area contributed by atoms with Gasteiger partial charge in [-0.15, -0.1) is 0 Å². The van der Waals surface area contributed by atoms with Crippen LogP contribution < -0.4 is 19.3 Å². The number of anilines is 2. The number of hydrogen-bond donors (Lipinski definition) is 6. The molecule has 4 aliphatic carbocycles. The number of amides is 2. The minimum atomic E-state index is -2.40. The van der Waals surface area contributed by atoms with Gasteiger partial charge in [0.2, 0.25) is 11.8 Å². The van der Waals surface area contributed by atoms with Crippen LogP contribution in [0.5, 0.6) is 11.5 Å². The second-order valence-corrected chi connectivity index (χ2v) is 26.9. The van der Waals surface area contributed by atoms with Gasteiger partial charge in [-0.05, 0) is 195 Å². The number of aryl methyl sites for hydroxylation is 2. The second kappa shape index (κ2) is 25.2. The topological polar surface area (TPSA) is 221 Å². The smallest absolute Gasteiger partial charge is 0.340 e. The lowest BCUT2D eigenvalue weighted by Gasteiger charge is -2.45. The molecule has 0 radical (unpaired) electrons. The molecule has 10 atom stereocenters. The first-order valence-corrected chi connectivity index (χ1v) is 31.7. The molecule has 2 spiro atoms. The van der Waals surface area contributed by atoms with Gasteiger partial charge in [-0.2, -0.15) is 0 Å². The lowest BCUT2D eigenvalue weighted by atomic mass is 9.68. The summed E-state index contributed by atoms with van der Waals surface area (Å²) in [5.41, 5.74) is 1.20. The van der Waals surface area contributed by atoms with Gasteiger partial charge in [-0.25, -0.2) is 9.59 Å². The van der Waals surface area contributed by atoms with Crippen molar-refractivity contribution in [2.24, 2.45) is 23.7 Å². The number of benzene rings is 4. The van der Waals surface area contributed by atoms with Gasteiger partial charge in [-0.3, -0.25) is 9.59 Å². The van der Waals surface area contributed by atoms with Gasteiger partial charge in [0.15, 0.2) is 11.2 Å².